The molecule has 2 aliphatic rings. The van der Waals surface area contributed by atoms with Crippen LogP contribution in [0.15, 0.2) is 135 Å². The molecular formula is C54H56Br2N6O7. The Balaban J connectivity index is 0.000000236. The van der Waals surface area contributed by atoms with Crippen LogP contribution in [0.5, 0.6) is 5.75 Å². The quantitative estimate of drug-likeness (QED) is 0.0220. The third-order valence-corrected chi connectivity index (χ3v) is 12.6. The number of nitrogens with two attached hydrogens (primary N) is 1. The number of hydrogen-bond acceptors (Lipinski definition) is 9. The first-order chi connectivity index (χ1) is 33.3. The van der Waals surface area contributed by atoms with Crippen molar-refractivity contribution in [3.63, 3.8) is 0 Å². The zero-order chi connectivity index (χ0) is 48.9. The number of carboxylic acid groups (broad SMARTS) is 1. The summed E-state index contributed by atoms with van der Waals surface area (Å²) in [5, 5.41) is 40.9. The SMILES string of the molecule is CC(=O)NCCCCCC(=O)NCCCCCOc1cccc(NCC(O)Cn2c3ccc(Br)cc3c3cc(Br)ccc32)c1.N=c1ccc2c(-c3ccccc3C(=O)O)c3ccc(N)cc3oc-2c1. The number of nitrogens with zero attached hydrogens (tertiary/aromatic N) is 1. The number of unbranched alkanes of at least 4 members (excludes halogenated alkanes) is 4. The number of carbonyl (C=O) groups is 3. The number of hydrogen-bond donors (Lipinski definition) is 7. The summed E-state index contributed by atoms with van der Waals surface area (Å²) in [4.78, 5) is 34.5. The predicted octanol–water partition coefficient (Wildman–Crippen LogP) is 11.1. The van der Waals surface area contributed by atoms with E-state index < -0.39 is 12.1 Å². The number of rotatable bonds is 20. The van der Waals surface area contributed by atoms with E-state index in [1.165, 1.54) is 6.92 Å². The molecule has 8 rings (SSSR count). The van der Waals surface area contributed by atoms with Gasteiger partial charge in [0.15, 0.2) is 0 Å². The number of aromatic nitrogens is 1. The van der Waals surface area contributed by atoms with Crippen LogP contribution in [0, 0.1) is 5.41 Å². The molecule has 2 amide bonds. The zero-order valence-electron chi connectivity index (χ0n) is 38.3. The highest BCUT2D eigenvalue weighted by molar-refractivity contribution is 9.10. The maximum Gasteiger partial charge on any atom is 0.336 e. The molecule has 358 valence electrons. The number of halogens is 2. The van der Waals surface area contributed by atoms with Crippen molar-refractivity contribution in [1.29, 1.82) is 5.41 Å². The number of benzene rings is 6. The number of fused-ring (bicyclic) bond motifs is 5. The highest BCUT2D eigenvalue weighted by Crippen LogP contribution is 2.41. The number of nitrogens with one attached hydrogen (secondary N) is 4. The Morgan fingerprint density at radius 2 is 1.46 bits per heavy atom. The number of aromatic carboxylic acids is 1. The Morgan fingerprint density at radius 1 is 0.754 bits per heavy atom. The van der Waals surface area contributed by atoms with Gasteiger partial charge in [0.1, 0.15) is 17.1 Å². The van der Waals surface area contributed by atoms with Gasteiger partial charge in [-0.25, -0.2) is 4.79 Å². The fraction of sp³-hybridized carbons (Fsp3) is 0.259. The van der Waals surface area contributed by atoms with Crippen molar-refractivity contribution in [1.82, 2.24) is 15.2 Å². The highest BCUT2D eigenvalue weighted by atomic mass is 79.9. The van der Waals surface area contributed by atoms with E-state index in [1.54, 1.807) is 54.6 Å². The lowest BCUT2D eigenvalue weighted by molar-refractivity contribution is -0.121. The summed E-state index contributed by atoms with van der Waals surface area (Å²) in [5.74, 6) is 0.383. The van der Waals surface area contributed by atoms with Crippen molar-refractivity contribution >= 4 is 93.8 Å². The van der Waals surface area contributed by atoms with Gasteiger partial charge in [-0.15, -0.1) is 0 Å². The van der Waals surface area contributed by atoms with Crippen LogP contribution in [0.1, 0.15) is 62.2 Å². The molecule has 5 aromatic carbocycles. The van der Waals surface area contributed by atoms with Gasteiger partial charge in [0.25, 0.3) is 0 Å². The minimum atomic E-state index is -0.995. The van der Waals surface area contributed by atoms with Gasteiger partial charge in [-0.2, -0.15) is 0 Å². The standard InChI is InChI=1S/C34H42Br2N4O4.C20H14N2O3/c1-24(41)37-16-5-2-4-11-34(43)38-17-6-3-7-18-44-29-10-8-9-27(21-29)39-22-28(42)23-40-32-14-12-25(35)19-30(32)31-20-26(36)13-15-33(31)40;21-11-5-7-15-17(9-11)25-18-10-12(22)6-8-16(18)19(15)13-3-1-2-4-14(13)20(23)24/h8-10,12-15,19-21,28,39,42H,2-7,11,16-18,22-23H2,1H3,(H,37,41)(H,38,43);1-10,21H,22H2,(H,23,24). The van der Waals surface area contributed by atoms with Crippen LogP contribution in [0.25, 0.3) is 55.2 Å². The van der Waals surface area contributed by atoms with Crippen LogP contribution < -0.4 is 31.8 Å². The van der Waals surface area contributed by atoms with Crippen LogP contribution in [-0.4, -0.2) is 64.9 Å². The Hall–Kier alpha value is -6.68. The number of anilines is 2. The lowest BCUT2D eigenvalue weighted by atomic mass is 9.91. The molecule has 8 N–H and O–H groups in total. The molecule has 0 saturated carbocycles. The number of aliphatic hydroxyl groups excluding tert-OH is 1. The van der Waals surface area contributed by atoms with Gasteiger partial charge in [-0.05, 0) is 117 Å². The van der Waals surface area contributed by atoms with Gasteiger partial charge in [-0.1, -0.05) is 62.5 Å². The Bertz CT molecular complexity index is 3060. The zero-order valence-corrected chi connectivity index (χ0v) is 41.5. The normalized spacial score (nSPS) is 11.6. The minimum absolute atomic E-state index is 0.0134. The summed E-state index contributed by atoms with van der Waals surface area (Å²) >= 11 is 7.18. The van der Waals surface area contributed by atoms with Gasteiger partial charge in [0, 0.05) is 110 Å². The van der Waals surface area contributed by atoms with Crippen molar-refractivity contribution < 1.29 is 33.8 Å². The van der Waals surface area contributed by atoms with Crippen molar-refractivity contribution in [2.45, 2.75) is 64.5 Å². The average molecular weight is 1060 g/mol. The summed E-state index contributed by atoms with van der Waals surface area (Å²) in [6.45, 7) is 4.33. The Kier molecular flexibility index (Phi) is 17.5. The maximum atomic E-state index is 12.0. The van der Waals surface area contributed by atoms with E-state index in [0.29, 0.717) is 67.2 Å². The third kappa shape index (κ3) is 13.5. The Labute approximate surface area is 417 Å². The molecule has 0 fully saturated rings. The number of carboxylic acids is 1. The molecule has 69 heavy (non-hydrogen) atoms. The third-order valence-electron chi connectivity index (χ3n) is 11.6. The van der Waals surface area contributed by atoms with E-state index in [4.69, 9.17) is 20.3 Å². The highest BCUT2D eigenvalue weighted by Gasteiger charge is 2.21. The lowest BCUT2D eigenvalue weighted by Crippen LogP contribution is -2.24. The van der Waals surface area contributed by atoms with Crippen LogP contribution >= 0.6 is 31.9 Å². The largest absolute Gasteiger partial charge is 0.494 e. The molecule has 1 aromatic heterocycles. The second kappa shape index (κ2) is 24.0. The van der Waals surface area contributed by atoms with Crippen LogP contribution in [0.3, 0.4) is 0 Å². The molecular weight excluding hydrogens is 1000 g/mol. The molecule has 0 spiro atoms. The number of carbonyl (C=O) groups excluding carboxylic acids is 2. The number of nitrogen functional groups attached to an aromatic ring is 1. The number of ether oxygens (including phenoxy) is 1. The molecule has 1 atom stereocenters. The molecule has 0 saturated heterocycles. The van der Waals surface area contributed by atoms with Crippen LogP contribution in [-0.2, 0) is 16.1 Å². The molecule has 0 bridgehead atoms. The monoisotopic (exact) mass is 1060 g/mol. The maximum absolute atomic E-state index is 12.0. The van der Waals surface area contributed by atoms with Gasteiger partial charge in [-0.3, -0.25) is 9.59 Å². The Morgan fingerprint density at radius 3 is 2.19 bits per heavy atom. The molecule has 13 nitrogen and oxygen atoms in total. The van der Waals surface area contributed by atoms with E-state index in [1.807, 2.05) is 42.5 Å². The first-order valence-electron chi connectivity index (χ1n) is 23.0. The van der Waals surface area contributed by atoms with E-state index in [9.17, 15) is 24.6 Å². The first-order valence-corrected chi connectivity index (χ1v) is 24.6. The summed E-state index contributed by atoms with van der Waals surface area (Å²) in [6, 6.07) is 37.5. The summed E-state index contributed by atoms with van der Waals surface area (Å²) < 4.78 is 16.1. The van der Waals surface area contributed by atoms with Crippen molar-refractivity contribution in [2.75, 3.05) is 37.3 Å². The van der Waals surface area contributed by atoms with E-state index in [2.05, 4.69) is 76.6 Å². The molecule has 1 aliphatic heterocycles. The minimum Gasteiger partial charge on any atom is -0.494 e. The van der Waals surface area contributed by atoms with Gasteiger partial charge in [0.05, 0.1) is 30.2 Å². The molecule has 0 radical (unpaired) electrons. The van der Waals surface area contributed by atoms with Gasteiger partial charge < -0.3 is 51.0 Å². The average Bonchev–Trinajstić information content (AvgIpc) is 3.61. The fourth-order valence-corrected chi connectivity index (χ4v) is 9.02. The number of aliphatic hydroxyl groups is 1. The van der Waals surface area contributed by atoms with E-state index in [-0.39, 0.29) is 17.4 Å². The van der Waals surface area contributed by atoms with Crippen LogP contribution in [0.4, 0.5) is 11.4 Å². The molecule has 2 heterocycles. The summed E-state index contributed by atoms with van der Waals surface area (Å²) in [5.41, 5.74) is 12.4. The van der Waals surface area contributed by atoms with Gasteiger partial charge >= 0.3 is 5.97 Å². The van der Waals surface area contributed by atoms with Crippen molar-refractivity contribution in [3.8, 4) is 28.2 Å². The second-order valence-electron chi connectivity index (χ2n) is 16.8. The molecule has 1 aliphatic carbocycles. The van der Waals surface area contributed by atoms with Crippen LogP contribution in [0.2, 0.25) is 0 Å². The predicted molar refractivity (Wildman–Crippen MR) is 281 cm³/mol. The molecule has 1 unspecified atom stereocenters. The number of amides is 2. The second-order valence-corrected chi connectivity index (χ2v) is 18.7. The topological polar surface area (TPSA) is 205 Å². The van der Waals surface area contributed by atoms with E-state index in [0.717, 1.165) is 97.2 Å². The fourth-order valence-electron chi connectivity index (χ4n) is 8.30. The van der Waals surface area contributed by atoms with Gasteiger partial charge in [0.2, 0.25) is 11.8 Å². The lowest BCUT2D eigenvalue weighted by Gasteiger charge is -2.16. The molecule has 6 aromatic rings. The summed E-state index contributed by atoms with van der Waals surface area (Å²) in [6.07, 6.45) is 5.39. The van der Waals surface area contributed by atoms with E-state index >= 15 is 0 Å². The smallest absolute Gasteiger partial charge is 0.336 e. The first kappa shape index (κ1) is 50.2. The van der Waals surface area contributed by atoms with Crippen molar-refractivity contribution in [2.24, 2.45) is 0 Å². The summed E-state index contributed by atoms with van der Waals surface area (Å²) in [7, 11) is 0. The molecule has 15 heteroatoms. The van der Waals surface area contributed by atoms with Crippen molar-refractivity contribution in [3.05, 3.63) is 141 Å².